The number of nitrogen functional groups attached to an aromatic ring is 1. The molecule has 4 aliphatic rings. The van der Waals surface area contributed by atoms with Crippen LogP contribution in [0.25, 0.3) is 6.08 Å². The topological polar surface area (TPSA) is 118 Å². The number of nitrogens with two attached hydrogens (primary N) is 1. The third-order valence-electron chi connectivity index (χ3n) is 10.1. The van der Waals surface area contributed by atoms with Gasteiger partial charge in [0.25, 0.3) is 0 Å². The van der Waals surface area contributed by atoms with Crippen molar-refractivity contribution in [3.63, 3.8) is 0 Å². The Morgan fingerprint density at radius 3 is 2.67 bits per heavy atom. The summed E-state index contributed by atoms with van der Waals surface area (Å²) in [4.78, 5) is 33.1. The van der Waals surface area contributed by atoms with E-state index in [2.05, 4.69) is 41.6 Å². The highest BCUT2D eigenvalue weighted by molar-refractivity contribution is 8.77. The van der Waals surface area contributed by atoms with Crippen LogP contribution in [-0.2, 0) is 9.59 Å². The number of benzene rings is 1. The first-order valence-electron chi connectivity index (χ1n) is 16.4. The van der Waals surface area contributed by atoms with Crippen molar-refractivity contribution in [2.24, 2.45) is 5.92 Å². The summed E-state index contributed by atoms with van der Waals surface area (Å²) in [6, 6.07) is 5.70. The molecule has 0 radical (unpaired) electrons. The van der Waals surface area contributed by atoms with Gasteiger partial charge in [-0.1, -0.05) is 72.4 Å². The smallest absolute Gasteiger partial charge is 0.163 e. The van der Waals surface area contributed by atoms with Crippen molar-refractivity contribution in [3.8, 4) is 11.5 Å². The van der Waals surface area contributed by atoms with Crippen LogP contribution in [0.3, 0.4) is 0 Å². The summed E-state index contributed by atoms with van der Waals surface area (Å²) >= 11 is 0. The van der Waals surface area contributed by atoms with E-state index in [9.17, 15) is 14.7 Å². The van der Waals surface area contributed by atoms with Gasteiger partial charge in [0.1, 0.15) is 11.6 Å². The molecule has 2 aromatic rings. The molecule has 4 bridgehead atoms. The van der Waals surface area contributed by atoms with E-state index in [1.165, 1.54) is 19.6 Å². The van der Waals surface area contributed by atoms with E-state index in [4.69, 9.17) is 15.5 Å². The highest BCUT2D eigenvalue weighted by Gasteiger charge is 2.47. The number of pyridine rings is 1. The third-order valence-corrected chi connectivity index (χ3v) is 13.4. The van der Waals surface area contributed by atoms with Gasteiger partial charge in [-0.2, -0.15) is 0 Å². The van der Waals surface area contributed by atoms with Gasteiger partial charge in [0, 0.05) is 41.7 Å². The predicted octanol–water partition coefficient (Wildman–Crippen LogP) is 7.27. The van der Waals surface area contributed by atoms with Crippen molar-refractivity contribution in [1.29, 1.82) is 0 Å². The van der Waals surface area contributed by atoms with E-state index >= 15 is 0 Å². The number of anilines is 1. The summed E-state index contributed by atoms with van der Waals surface area (Å²) in [5, 5.41) is 14.6. The van der Waals surface area contributed by atoms with E-state index < -0.39 is 0 Å². The lowest BCUT2D eigenvalue weighted by Gasteiger charge is -2.50. The van der Waals surface area contributed by atoms with E-state index in [0.29, 0.717) is 18.0 Å². The molecule has 1 aromatic carbocycles. The van der Waals surface area contributed by atoms with Gasteiger partial charge in [-0.25, -0.2) is 4.98 Å². The number of carbonyl (C=O) groups is 2. The first-order chi connectivity index (χ1) is 22.3. The van der Waals surface area contributed by atoms with Gasteiger partial charge in [0.15, 0.2) is 17.3 Å². The van der Waals surface area contributed by atoms with Crippen LogP contribution >= 0.6 is 21.6 Å². The average Bonchev–Trinajstić information content (AvgIpc) is 3.61. The van der Waals surface area contributed by atoms with Gasteiger partial charge in [0.2, 0.25) is 0 Å². The Morgan fingerprint density at radius 2 is 1.93 bits per heavy atom. The molecule has 1 saturated carbocycles. The molecular formula is C36H44N4O4S2. The molecule has 10 heteroatoms. The molecule has 6 rings (SSSR count). The standard InChI is InChI=1S/C36H44N4O4S2/c1-3-23-7-9-26(41)19-27(42)10-8-24-18-32(44-2)31(43)20-29(24)28-11-12-33(23)45-46-34(30-17-25(28)21-39-35(30)37)36(13-5-4-6-14-36)40-16-15-38-22-40/h8,10-12,15-18,20-21,23,28,33-34,38,43H,3-7,9,13-14,19,22H2,1-2H3,(H2,37,39). The van der Waals surface area contributed by atoms with Gasteiger partial charge in [-0.3, -0.25) is 9.59 Å². The lowest BCUT2D eigenvalue weighted by atomic mass is 9.75. The molecule has 4 atom stereocenters. The highest BCUT2D eigenvalue weighted by Crippen LogP contribution is 2.57. The van der Waals surface area contributed by atoms with Crippen molar-refractivity contribution in [1.82, 2.24) is 15.2 Å². The number of allylic oxidation sites excluding steroid dienone is 2. The SMILES string of the molecule is CCC1CCC(=O)CC(=O)C=Cc2cc(OC)c(O)cc2C2C=CC1SSC(C1(N3C=CNC3)CCCCC1)c1cc2cnc1N. The maximum atomic E-state index is 13.0. The fraction of sp³-hybridized carbons (Fsp3) is 0.472. The van der Waals surface area contributed by atoms with Crippen LogP contribution in [0.5, 0.6) is 11.5 Å². The van der Waals surface area contributed by atoms with Crippen LogP contribution in [0.15, 0.2) is 55.0 Å². The predicted molar refractivity (Wildman–Crippen MR) is 187 cm³/mol. The van der Waals surface area contributed by atoms with Crippen LogP contribution in [-0.4, -0.2) is 51.1 Å². The largest absolute Gasteiger partial charge is 0.504 e. The number of hydrogen-bond acceptors (Lipinski definition) is 10. The number of ketones is 2. The summed E-state index contributed by atoms with van der Waals surface area (Å²) in [6.07, 6.45) is 21.4. The van der Waals surface area contributed by atoms with Crippen LogP contribution in [0.2, 0.25) is 0 Å². The van der Waals surface area contributed by atoms with Gasteiger partial charge < -0.3 is 25.8 Å². The maximum absolute atomic E-state index is 13.0. The Morgan fingerprint density at radius 1 is 1.11 bits per heavy atom. The number of nitrogens with zero attached hydrogens (tertiary/aromatic N) is 2. The number of fused-ring (bicyclic) bond motifs is 7. The fourth-order valence-electron chi connectivity index (χ4n) is 7.49. The number of aromatic nitrogens is 1. The van der Waals surface area contributed by atoms with Crippen molar-refractivity contribution in [2.45, 2.75) is 86.7 Å². The minimum Gasteiger partial charge on any atom is -0.504 e. The fourth-order valence-corrected chi connectivity index (χ4v) is 11.4. The average molecular weight is 661 g/mol. The van der Waals surface area contributed by atoms with Gasteiger partial charge >= 0.3 is 0 Å². The summed E-state index contributed by atoms with van der Waals surface area (Å²) in [7, 11) is 5.28. The van der Waals surface area contributed by atoms with Crippen molar-refractivity contribution >= 4 is 45.0 Å². The molecular weight excluding hydrogens is 617 g/mol. The molecule has 1 fully saturated rings. The lowest BCUT2D eigenvalue weighted by molar-refractivity contribution is -0.124. The third kappa shape index (κ3) is 6.56. The zero-order valence-corrected chi connectivity index (χ0v) is 28.2. The second kappa shape index (κ2) is 14.2. The molecule has 46 heavy (non-hydrogen) atoms. The van der Waals surface area contributed by atoms with Crippen LogP contribution in [0.4, 0.5) is 5.82 Å². The van der Waals surface area contributed by atoms with E-state index in [1.807, 2.05) is 34.0 Å². The second-order valence-electron chi connectivity index (χ2n) is 12.8. The monoisotopic (exact) mass is 660 g/mol. The Kier molecular flexibility index (Phi) is 10.0. The highest BCUT2D eigenvalue weighted by atomic mass is 33.1. The summed E-state index contributed by atoms with van der Waals surface area (Å²) in [5.41, 5.74) is 10.2. The summed E-state index contributed by atoms with van der Waals surface area (Å²) < 4.78 is 5.46. The number of Topliss-reactive ketones (excluding diaryl/α,β-unsaturated/α-hetero) is 1. The Labute approximate surface area is 279 Å². The Hall–Kier alpha value is -3.37. The molecule has 4 unspecified atom stereocenters. The van der Waals surface area contributed by atoms with Crippen LogP contribution < -0.4 is 15.8 Å². The minimum absolute atomic E-state index is 0.0201. The van der Waals surface area contributed by atoms with E-state index in [1.54, 1.807) is 18.2 Å². The minimum atomic E-state index is -0.275. The van der Waals surface area contributed by atoms with Crippen molar-refractivity contribution < 1.29 is 19.4 Å². The second-order valence-corrected chi connectivity index (χ2v) is 15.4. The molecule has 8 nitrogen and oxygen atoms in total. The van der Waals surface area contributed by atoms with Gasteiger partial charge in [-0.15, -0.1) is 0 Å². The van der Waals surface area contributed by atoms with Gasteiger partial charge in [-0.05, 0) is 66.1 Å². The molecule has 0 spiro atoms. The molecule has 244 valence electrons. The number of carbonyl (C=O) groups excluding carboxylic acids is 2. The van der Waals surface area contributed by atoms with Crippen molar-refractivity contribution in [2.75, 3.05) is 19.5 Å². The quantitative estimate of drug-likeness (QED) is 0.176. The first kappa shape index (κ1) is 32.6. The molecule has 4 N–H and O–H groups in total. The molecule has 2 aliphatic carbocycles. The number of aromatic hydroxyl groups is 1. The molecule has 0 saturated heterocycles. The number of rotatable bonds is 4. The lowest BCUT2D eigenvalue weighted by Crippen LogP contribution is -2.51. The number of phenols is 1. The zero-order valence-electron chi connectivity index (χ0n) is 26.6. The number of methoxy groups -OCH3 is 1. The first-order valence-corrected chi connectivity index (χ1v) is 18.7. The van der Waals surface area contributed by atoms with Crippen LogP contribution in [0.1, 0.15) is 98.1 Å². The molecule has 1 aromatic heterocycles. The number of nitrogens with one attached hydrogen (secondary N) is 1. The van der Waals surface area contributed by atoms with E-state index in [-0.39, 0.29) is 51.6 Å². The van der Waals surface area contributed by atoms with Gasteiger partial charge in [0.05, 0.1) is 31.0 Å². The molecule has 2 aliphatic heterocycles. The zero-order chi connectivity index (χ0) is 32.3. The van der Waals surface area contributed by atoms with E-state index in [0.717, 1.165) is 67.4 Å². The van der Waals surface area contributed by atoms with Crippen LogP contribution in [0, 0.1) is 5.92 Å². The Bertz CT molecular complexity index is 1550. The maximum Gasteiger partial charge on any atom is 0.163 e. The molecule has 3 heterocycles. The summed E-state index contributed by atoms with van der Waals surface area (Å²) in [6.45, 7) is 2.95. The number of phenolic OH excluding ortho intramolecular Hbond substituents is 1. The summed E-state index contributed by atoms with van der Waals surface area (Å²) in [5.74, 6) is 0.572. The van der Waals surface area contributed by atoms with Crippen molar-refractivity contribution in [3.05, 3.63) is 77.3 Å². The number of ether oxygens (including phenoxy) is 1. The molecule has 0 amide bonds. The number of hydrogen-bond donors (Lipinski definition) is 3. The Balaban J connectivity index is 1.57. The normalized spacial score (nSPS) is 26.3.